The largest absolute Gasteiger partial charge is 0.481 e. The lowest BCUT2D eigenvalue weighted by Gasteiger charge is -2.06. The average molecular weight is 235 g/mol. The van der Waals surface area contributed by atoms with Gasteiger partial charge in [0.1, 0.15) is 0 Å². The Bertz CT molecular complexity index is 374. The SMILES string of the molecule is CCOC(CCCC(=O)O)=Nc1ccccc1. The van der Waals surface area contributed by atoms with E-state index in [9.17, 15) is 4.79 Å². The van der Waals surface area contributed by atoms with Crippen LogP contribution in [0.1, 0.15) is 26.2 Å². The van der Waals surface area contributed by atoms with Crippen LogP contribution in [-0.2, 0) is 9.53 Å². The molecule has 0 amide bonds. The van der Waals surface area contributed by atoms with Crippen LogP contribution in [0.5, 0.6) is 0 Å². The predicted molar refractivity (Wildman–Crippen MR) is 66.6 cm³/mol. The molecule has 92 valence electrons. The van der Waals surface area contributed by atoms with Gasteiger partial charge in [-0.3, -0.25) is 4.79 Å². The number of benzene rings is 1. The number of hydrogen-bond donors (Lipinski definition) is 1. The molecule has 1 aromatic rings. The molecule has 0 unspecified atom stereocenters. The average Bonchev–Trinajstić information content (AvgIpc) is 2.30. The summed E-state index contributed by atoms with van der Waals surface area (Å²) < 4.78 is 5.38. The van der Waals surface area contributed by atoms with E-state index in [0.717, 1.165) is 5.69 Å². The van der Waals surface area contributed by atoms with Crippen molar-refractivity contribution in [2.24, 2.45) is 4.99 Å². The highest BCUT2D eigenvalue weighted by atomic mass is 16.5. The fourth-order valence-electron chi connectivity index (χ4n) is 1.36. The fraction of sp³-hybridized carbons (Fsp3) is 0.385. The smallest absolute Gasteiger partial charge is 0.303 e. The summed E-state index contributed by atoms with van der Waals surface area (Å²) in [6.45, 7) is 2.43. The van der Waals surface area contributed by atoms with E-state index in [1.165, 1.54) is 0 Å². The standard InChI is InChI=1S/C13H17NO3/c1-2-17-12(9-6-10-13(15)16)14-11-7-4-3-5-8-11/h3-5,7-8H,2,6,9-10H2,1H3,(H,15,16). The third kappa shape index (κ3) is 5.70. The van der Waals surface area contributed by atoms with E-state index < -0.39 is 5.97 Å². The minimum absolute atomic E-state index is 0.140. The van der Waals surface area contributed by atoms with Gasteiger partial charge in [0.2, 0.25) is 0 Å². The number of ether oxygens (including phenoxy) is 1. The van der Waals surface area contributed by atoms with Crippen LogP contribution in [0.25, 0.3) is 0 Å². The highest BCUT2D eigenvalue weighted by Crippen LogP contribution is 2.12. The summed E-state index contributed by atoms with van der Waals surface area (Å²) in [5, 5.41) is 8.57. The number of carboxylic acid groups (broad SMARTS) is 1. The summed E-state index contributed by atoms with van der Waals surface area (Å²) >= 11 is 0. The molecule has 1 rings (SSSR count). The zero-order chi connectivity index (χ0) is 12.5. The van der Waals surface area contributed by atoms with E-state index in [1.807, 2.05) is 37.3 Å². The second-order valence-corrected chi connectivity index (χ2v) is 3.52. The molecule has 17 heavy (non-hydrogen) atoms. The predicted octanol–water partition coefficient (Wildman–Crippen LogP) is 3.01. The van der Waals surface area contributed by atoms with Crippen molar-refractivity contribution in [2.45, 2.75) is 26.2 Å². The van der Waals surface area contributed by atoms with Crippen molar-refractivity contribution in [1.29, 1.82) is 0 Å². The third-order valence-corrected chi connectivity index (χ3v) is 2.10. The molecule has 4 nitrogen and oxygen atoms in total. The Morgan fingerprint density at radius 2 is 2.00 bits per heavy atom. The summed E-state index contributed by atoms with van der Waals surface area (Å²) in [6, 6.07) is 9.50. The fourth-order valence-corrected chi connectivity index (χ4v) is 1.36. The van der Waals surface area contributed by atoms with Crippen LogP contribution in [-0.4, -0.2) is 23.6 Å². The Morgan fingerprint density at radius 3 is 2.59 bits per heavy atom. The second-order valence-electron chi connectivity index (χ2n) is 3.52. The van der Waals surface area contributed by atoms with Crippen molar-refractivity contribution in [3.05, 3.63) is 30.3 Å². The number of carboxylic acids is 1. The van der Waals surface area contributed by atoms with Crippen LogP contribution in [0.3, 0.4) is 0 Å². The van der Waals surface area contributed by atoms with Gasteiger partial charge in [-0.2, -0.15) is 0 Å². The van der Waals surface area contributed by atoms with Crippen LogP contribution in [0.15, 0.2) is 35.3 Å². The monoisotopic (exact) mass is 235 g/mol. The zero-order valence-corrected chi connectivity index (χ0v) is 9.93. The van der Waals surface area contributed by atoms with Crippen molar-refractivity contribution >= 4 is 17.6 Å². The highest BCUT2D eigenvalue weighted by Gasteiger charge is 2.03. The number of rotatable bonds is 6. The second kappa shape index (κ2) is 7.44. The summed E-state index contributed by atoms with van der Waals surface area (Å²) in [5.41, 5.74) is 0.825. The first-order valence-corrected chi connectivity index (χ1v) is 5.69. The van der Waals surface area contributed by atoms with Crippen molar-refractivity contribution in [3.63, 3.8) is 0 Å². The molecular weight excluding hydrogens is 218 g/mol. The van der Waals surface area contributed by atoms with E-state index in [2.05, 4.69) is 4.99 Å². The molecule has 0 saturated carbocycles. The van der Waals surface area contributed by atoms with Gasteiger partial charge in [0, 0.05) is 12.8 Å². The normalized spacial score (nSPS) is 11.2. The van der Waals surface area contributed by atoms with E-state index in [0.29, 0.717) is 25.3 Å². The minimum atomic E-state index is -0.791. The molecule has 0 aliphatic rings. The van der Waals surface area contributed by atoms with E-state index in [1.54, 1.807) is 0 Å². The number of aliphatic imine (C=N–C) groups is 1. The first-order chi connectivity index (χ1) is 8.22. The van der Waals surface area contributed by atoms with Crippen LogP contribution in [0.4, 0.5) is 5.69 Å². The molecule has 1 aromatic carbocycles. The minimum Gasteiger partial charge on any atom is -0.481 e. The molecule has 0 radical (unpaired) electrons. The number of aliphatic carboxylic acids is 1. The number of carbonyl (C=O) groups is 1. The third-order valence-electron chi connectivity index (χ3n) is 2.10. The van der Waals surface area contributed by atoms with Gasteiger partial charge in [0.15, 0.2) is 5.90 Å². The maximum absolute atomic E-state index is 10.4. The molecule has 0 spiro atoms. The van der Waals surface area contributed by atoms with Gasteiger partial charge < -0.3 is 9.84 Å². The molecule has 0 fully saturated rings. The number of hydrogen-bond acceptors (Lipinski definition) is 3. The van der Waals surface area contributed by atoms with Gasteiger partial charge in [-0.25, -0.2) is 4.99 Å². The molecule has 0 aliphatic heterocycles. The Hall–Kier alpha value is -1.84. The molecule has 0 bridgehead atoms. The lowest BCUT2D eigenvalue weighted by atomic mass is 10.2. The van der Waals surface area contributed by atoms with Gasteiger partial charge in [0.25, 0.3) is 0 Å². The van der Waals surface area contributed by atoms with E-state index in [4.69, 9.17) is 9.84 Å². The zero-order valence-electron chi connectivity index (χ0n) is 9.93. The Balaban J connectivity index is 2.58. The summed E-state index contributed by atoms with van der Waals surface area (Å²) in [5.74, 6) is -0.194. The Labute approximate surface area is 101 Å². The van der Waals surface area contributed by atoms with Gasteiger partial charge in [0.05, 0.1) is 12.3 Å². The van der Waals surface area contributed by atoms with Crippen molar-refractivity contribution < 1.29 is 14.6 Å². The molecule has 1 N–H and O–H groups in total. The van der Waals surface area contributed by atoms with E-state index in [-0.39, 0.29) is 6.42 Å². The molecular formula is C13H17NO3. The quantitative estimate of drug-likeness (QED) is 0.609. The topological polar surface area (TPSA) is 58.9 Å². The maximum Gasteiger partial charge on any atom is 0.303 e. The maximum atomic E-state index is 10.4. The van der Waals surface area contributed by atoms with Gasteiger partial charge in [-0.05, 0) is 25.5 Å². The van der Waals surface area contributed by atoms with Gasteiger partial charge >= 0.3 is 5.97 Å². The summed E-state index contributed by atoms with van der Waals surface area (Å²) in [6.07, 6.45) is 1.23. The summed E-state index contributed by atoms with van der Waals surface area (Å²) in [7, 11) is 0. The lowest BCUT2D eigenvalue weighted by Crippen LogP contribution is -2.05. The van der Waals surface area contributed by atoms with Crippen molar-refractivity contribution in [1.82, 2.24) is 0 Å². The highest BCUT2D eigenvalue weighted by molar-refractivity contribution is 5.79. The molecule has 0 heterocycles. The molecule has 0 atom stereocenters. The first kappa shape index (κ1) is 13.2. The van der Waals surface area contributed by atoms with Crippen LogP contribution < -0.4 is 0 Å². The number of para-hydroxylation sites is 1. The molecule has 0 aromatic heterocycles. The van der Waals surface area contributed by atoms with Crippen LogP contribution >= 0.6 is 0 Å². The van der Waals surface area contributed by atoms with Crippen LogP contribution in [0.2, 0.25) is 0 Å². The van der Waals surface area contributed by atoms with Gasteiger partial charge in [-0.1, -0.05) is 18.2 Å². The van der Waals surface area contributed by atoms with Gasteiger partial charge in [-0.15, -0.1) is 0 Å². The van der Waals surface area contributed by atoms with E-state index >= 15 is 0 Å². The van der Waals surface area contributed by atoms with Crippen molar-refractivity contribution in [3.8, 4) is 0 Å². The lowest BCUT2D eigenvalue weighted by molar-refractivity contribution is -0.137. The summed E-state index contributed by atoms with van der Waals surface area (Å²) in [4.78, 5) is 14.8. The number of nitrogens with zero attached hydrogens (tertiary/aromatic N) is 1. The Kier molecular flexibility index (Phi) is 5.79. The molecule has 4 heteroatoms. The first-order valence-electron chi connectivity index (χ1n) is 5.69. The Morgan fingerprint density at radius 1 is 1.29 bits per heavy atom. The molecule has 0 aliphatic carbocycles. The van der Waals surface area contributed by atoms with Crippen molar-refractivity contribution in [2.75, 3.05) is 6.61 Å². The molecule has 0 saturated heterocycles. The van der Waals surface area contributed by atoms with Crippen LogP contribution in [0, 0.1) is 0 Å².